The molecule has 1 N–H and O–H groups in total. The Hall–Kier alpha value is -1.97. The van der Waals surface area contributed by atoms with E-state index in [1.54, 1.807) is 0 Å². The van der Waals surface area contributed by atoms with E-state index >= 15 is 0 Å². The molecule has 1 aromatic rings. The second-order valence-corrected chi connectivity index (χ2v) is 3.97. The van der Waals surface area contributed by atoms with Gasteiger partial charge in [0.15, 0.2) is 0 Å². The number of carbonyl (C=O) groups is 1. The Morgan fingerprint density at radius 3 is 2.82 bits per heavy atom. The number of anilines is 1. The summed E-state index contributed by atoms with van der Waals surface area (Å²) in [5, 5.41) is 2.81. The minimum atomic E-state index is -0.279. The molecular formula is C13H15NO3. The lowest BCUT2D eigenvalue weighted by Crippen LogP contribution is -2.21. The van der Waals surface area contributed by atoms with Gasteiger partial charge < -0.3 is 14.8 Å². The summed E-state index contributed by atoms with van der Waals surface area (Å²) in [6.07, 6.45) is 1.35. The van der Waals surface area contributed by atoms with E-state index in [-0.39, 0.29) is 11.7 Å². The number of hydrogen-bond acceptors (Lipinski definition) is 3. The first-order valence-electron chi connectivity index (χ1n) is 5.50. The van der Waals surface area contributed by atoms with Crippen molar-refractivity contribution >= 4 is 11.6 Å². The molecule has 0 atom stereocenters. The number of nitrogens with one attached hydrogen (secondary N) is 1. The molecule has 2 rings (SSSR count). The van der Waals surface area contributed by atoms with E-state index in [4.69, 9.17) is 9.47 Å². The topological polar surface area (TPSA) is 47.6 Å². The van der Waals surface area contributed by atoms with Gasteiger partial charge in [-0.3, -0.25) is 4.79 Å². The van der Waals surface area contributed by atoms with Gasteiger partial charge in [-0.25, -0.2) is 0 Å². The van der Waals surface area contributed by atoms with Crippen molar-refractivity contribution in [2.24, 2.45) is 0 Å². The first-order chi connectivity index (χ1) is 8.16. The summed E-state index contributed by atoms with van der Waals surface area (Å²) < 4.78 is 10.3. The molecule has 17 heavy (non-hydrogen) atoms. The van der Waals surface area contributed by atoms with E-state index in [0.717, 1.165) is 16.8 Å². The quantitative estimate of drug-likeness (QED) is 0.851. The van der Waals surface area contributed by atoms with E-state index in [0.29, 0.717) is 13.2 Å². The highest BCUT2D eigenvalue weighted by Gasteiger charge is 2.15. The minimum absolute atomic E-state index is 0.220. The summed E-state index contributed by atoms with van der Waals surface area (Å²) in [7, 11) is 0. The van der Waals surface area contributed by atoms with Gasteiger partial charge in [0.2, 0.25) is 5.76 Å². The van der Waals surface area contributed by atoms with Crippen LogP contribution in [0.4, 0.5) is 5.69 Å². The van der Waals surface area contributed by atoms with Crippen LogP contribution in [0.25, 0.3) is 0 Å². The molecule has 4 heteroatoms. The van der Waals surface area contributed by atoms with Gasteiger partial charge in [0, 0.05) is 5.69 Å². The average Bonchev–Trinajstić information content (AvgIpc) is 2.35. The smallest absolute Gasteiger partial charge is 0.294 e. The summed E-state index contributed by atoms with van der Waals surface area (Å²) >= 11 is 0. The molecule has 1 aliphatic heterocycles. The predicted molar refractivity (Wildman–Crippen MR) is 64.5 cm³/mol. The van der Waals surface area contributed by atoms with Gasteiger partial charge in [0.1, 0.15) is 19.5 Å². The number of amides is 1. The Labute approximate surface area is 100 Å². The average molecular weight is 233 g/mol. The van der Waals surface area contributed by atoms with Crippen molar-refractivity contribution in [3.63, 3.8) is 0 Å². The fourth-order valence-corrected chi connectivity index (χ4v) is 1.54. The number of aryl methyl sites for hydroxylation is 2. The van der Waals surface area contributed by atoms with Gasteiger partial charge in [-0.05, 0) is 31.0 Å². The monoisotopic (exact) mass is 233 g/mol. The Bertz CT molecular complexity index is 466. The first kappa shape index (κ1) is 11.5. The van der Waals surface area contributed by atoms with E-state index in [2.05, 4.69) is 5.32 Å². The highest BCUT2D eigenvalue weighted by molar-refractivity contribution is 6.02. The lowest BCUT2D eigenvalue weighted by molar-refractivity contribution is -0.117. The van der Waals surface area contributed by atoms with Crippen molar-refractivity contribution in [2.75, 3.05) is 18.5 Å². The molecular weight excluding hydrogens is 218 g/mol. The van der Waals surface area contributed by atoms with Crippen molar-refractivity contribution in [1.29, 1.82) is 0 Å². The number of carbonyl (C=O) groups excluding carboxylic acids is 1. The molecule has 1 amide bonds. The van der Waals surface area contributed by atoms with Crippen LogP contribution in [-0.4, -0.2) is 19.1 Å². The zero-order valence-electron chi connectivity index (χ0n) is 9.95. The summed E-state index contributed by atoms with van der Waals surface area (Å²) in [5.74, 6) is -0.0597. The number of rotatable bonds is 2. The van der Waals surface area contributed by atoms with E-state index in [1.807, 2.05) is 32.0 Å². The van der Waals surface area contributed by atoms with Crippen LogP contribution in [0.15, 0.2) is 30.2 Å². The van der Waals surface area contributed by atoms with Crippen molar-refractivity contribution in [2.45, 2.75) is 13.8 Å². The third-order valence-corrected chi connectivity index (χ3v) is 2.51. The van der Waals surface area contributed by atoms with Crippen LogP contribution in [0.2, 0.25) is 0 Å². The fraction of sp³-hybridized carbons (Fsp3) is 0.308. The zero-order chi connectivity index (χ0) is 12.3. The molecule has 0 aromatic heterocycles. The highest BCUT2D eigenvalue weighted by atomic mass is 16.6. The Balaban J connectivity index is 2.12. The second kappa shape index (κ2) is 4.91. The lowest BCUT2D eigenvalue weighted by Gasteiger charge is -2.16. The number of benzene rings is 1. The van der Waals surface area contributed by atoms with Crippen LogP contribution in [0.3, 0.4) is 0 Å². The second-order valence-electron chi connectivity index (χ2n) is 3.97. The van der Waals surface area contributed by atoms with Gasteiger partial charge in [0.25, 0.3) is 5.91 Å². The van der Waals surface area contributed by atoms with E-state index < -0.39 is 0 Å². The standard InChI is InChI=1S/C13H15NO3/c1-9-3-4-10(2)11(7-9)14-13(15)12-8-16-5-6-17-12/h3-4,7-8H,5-6H2,1-2H3,(H,14,15). The van der Waals surface area contributed by atoms with Crippen LogP contribution in [-0.2, 0) is 14.3 Å². The molecule has 4 nitrogen and oxygen atoms in total. The van der Waals surface area contributed by atoms with Crippen molar-refractivity contribution in [3.8, 4) is 0 Å². The summed E-state index contributed by atoms with van der Waals surface area (Å²) in [6, 6.07) is 5.90. The maximum atomic E-state index is 11.8. The van der Waals surface area contributed by atoms with Crippen molar-refractivity contribution in [1.82, 2.24) is 0 Å². The SMILES string of the molecule is Cc1ccc(C)c(NC(=O)C2=COCCO2)c1. The molecule has 0 aliphatic carbocycles. The molecule has 0 radical (unpaired) electrons. The minimum Gasteiger partial charge on any atom is -0.494 e. The van der Waals surface area contributed by atoms with Gasteiger partial charge in [0.05, 0.1) is 0 Å². The summed E-state index contributed by atoms with van der Waals surface area (Å²) in [5.41, 5.74) is 2.91. The fourth-order valence-electron chi connectivity index (χ4n) is 1.54. The van der Waals surface area contributed by atoms with Crippen LogP contribution in [0.1, 0.15) is 11.1 Å². The molecule has 0 bridgehead atoms. The van der Waals surface area contributed by atoms with Crippen molar-refractivity contribution in [3.05, 3.63) is 41.3 Å². The van der Waals surface area contributed by atoms with Gasteiger partial charge in [-0.15, -0.1) is 0 Å². The van der Waals surface area contributed by atoms with Crippen LogP contribution < -0.4 is 5.32 Å². The number of ether oxygens (including phenoxy) is 2. The molecule has 0 spiro atoms. The maximum absolute atomic E-state index is 11.8. The Morgan fingerprint density at radius 1 is 1.29 bits per heavy atom. The molecule has 90 valence electrons. The van der Waals surface area contributed by atoms with Gasteiger partial charge >= 0.3 is 0 Å². The van der Waals surface area contributed by atoms with Gasteiger partial charge in [-0.2, -0.15) is 0 Å². The van der Waals surface area contributed by atoms with E-state index in [9.17, 15) is 4.79 Å². The normalized spacial score (nSPS) is 14.4. The Morgan fingerprint density at radius 2 is 2.12 bits per heavy atom. The zero-order valence-corrected chi connectivity index (χ0v) is 9.95. The van der Waals surface area contributed by atoms with Crippen molar-refractivity contribution < 1.29 is 14.3 Å². The number of hydrogen-bond donors (Lipinski definition) is 1. The molecule has 1 aliphatic rings. The third-order valence-electron chi connectivity index (χ3n) is 2.51. The first-order valence-corrected chi connectivity index (χ1v) is 5.50. The molecule has 1 aromatic carbocycles. The van der Waals surface area contributed by atoms with Gasteiger partial charge in [-0.1, -0.05) is 12.1 Å². The maximum Gasteiger partial charge on any atom is 0.294 e. The van der Waals surface area contributed by atoms with Crippen LogP contribution in [0.5, 0.6) is 0 Å². The summed E-state index contributed by atoms with van der Waals surface area (Å²) in [4.78, 5) is 11.8. The van der Waals surface area contributed by atoms with E-state index in [1.165, 1.54) is 6.26 Å². The van der Waals surface area contributed by atoms with Crippen LogP contribution in [0, 0.1) is 13.8 Å². The molecule has 1 heterocycles. The largest absolute Gasteiger partial charge is 0.494 e. The summed E-state index contributed by atoms with van der Waals surface area (Å²) in [6.45, 7) is 4.82. The van der Waals surface area contributed by atoms with Crippen LogP contribution >= 0.6 is 0 Å². The third kappa shape index (κ3) is 2.78. The highest BCUT2D eigenvalue weighted by Crippen LogP contribution is 2.17. The predicted octanol–water partition coefficient (Wildman–Crippen LogP) is 2.13. The molecule has 0 saturated carbocycles. The molecule has 0 fully saturated rings. The Kier molecular flexibility index (Phi) is 3.32. The molecule has 0 saturated heterocycles. The molecule has 0 unspecified atom stereocenters. The lowest BCUT2D eigenvalue weighted by atomic mass is 10.1.